The minimum Gasteiger partial charge on any atom is -0.444 e. The Hall–Kier alpha value is -2.40. The van der Waals surface area contributed by atoms with Crippen LogP contribution in [0, 0.1) is 5.92 Å². The number of ether oxygens (including phenoxy) is 1. The van der Waals surface area contributed by atoms with E-state index in [9.17, 15) is 9.59 Å². The van der Waals surface area contributed by atoms with Crippen LogP contribution in [0.2, 0.25) is 0 Å². The number of aromatic nitrogens is 2. The summed E-state index contributed by atoms with van der Waals surface area (Å²) in [5, 5.41) is 2.81. The van der Waals surface area contributed by atoms with Crippen molar-refractivity contribution >= 4 is 30.5 Å². The molecule has 3 aliphatic rings. The summed E-state index contributed by atoms with van der Waals surface area (Å²) < 4.78 is 17.7. The topological polar surface area (TPSA) is 106 Å². The van der Waals surface area contributed by atoms with Gasteiger partial charge in [-0.15, -0.1) is 0 Å². The Labute approximate surface area is 233 Å². The Kier molecular flexibility index (Phi) is 8.25. The van der Waals surface area contributed by atoms with Crippen LogP contribution >= 0.6 is 0 Å². The van der Waals surface area contributed by atoms with E-state index < -0.39 is 36.1 Å². The smallest absolute Gasteiger partial charge is 0.444 e. The Morgan fingerprint density at radius 2 is 1.67 bits per heavy atom. The third-order valence-electron chi connectivity index (χ3n) is 8.06. The first kappa shape index (κ1) is 29.6. The number of hydrogen-bond acceptors (Lipinski definition) is 8. The van der Waals surface area contributed by atoms with Crippen molar-refractivity contribution in [3.05, 3.63) is 12.4 Å². The van der Waals surface area contributed by atoms with Gasteiger partial charge in [-0.25, -0.2) is 14.8 Å². The molecule has 0 spiro atoms. The quantitative estimate of drug-likeness (QED) is 0.523. The summed E-state index contributed by atoms with van der Waals surface area (Å²) >= 11 is 0. The van der Waals surface area contributed by atoms with Gasteiger partial charge in [-0.05, 0) is 80.1 Å². The Morgan fingerprint density at radius 1 is 1.08 bits per heavy atom. The van der Waals surface area contributed by atoms with Gasteiger partial charge in [0.25, 0.3) is 0 Å². The highest BCUT2D eigenvalue weighted by Crippen LogP contribution is 2.37. The predicted octanol–water partition coefficient (Wildman–Crippen LogP) is 3.28. The molecule has 39 heavy (non-hydrogen) atoms. The normalized spacial score (nSPS) is 23.5. The van der Waals surface area contributed by atoms with Gasteiger partial charge < -0.3 is 29.2 Å². The van der Waals surface area contributed by atoms with Crippen LogP contribution in [0.5, 0.6) is 0 Å². The van der Waals surface area contributed by atoms with E-state index in [1.165, 1.54) is 0 Å². The molecule has 3 fully saturated rings. The summed E-state index contributed by atoms with van der Waals surface area (Å²) in [6.45, 7) is 18.6. The van der Waals surface area contributed by atoms with E-state index in [1.54, 1.807) is 12.4 Å². The van der Waals surface area contributed by atoms with Crippen LogP contribution in [-0.2, 0) is 18.8 Å². The van der Waals surface area contributed by atoms with Crippen LogP contribution < -0.4 is 15.7 Å². The molecule has 1 aromatic rings. The SMILES string of the molecule is CC(C)C(NC(=O)OC(C)(C)C)C(=O)N1CCC[C@@H](N(c2ncc(B3OC(C)(C)C(C)(C)O3)cn2)C2CC2)C1. The molecule has 2 atom stereocenters. The minimum absolute atomic E-state index is 0.0733. The number of nitrogens with one attached hydrogen (secondary N) is 1. The highest BCUT2D eigenvalue weighted by Gasteiger charge is 2.52. The van der Waals surface area contributed by atoms with Crippen molar-refractivity contribution < 1.29 is 23.6 Å². The second-order valence-electron chi connectivity index (χ2n) is 13.5. The van der Waals surface area contributed by atoms with Crippen LogP contribution in [0.15, 0.2) is 12.4 Å². The summed E-state index contributed by atoms with van der Waals surface area (Å²) in [7, 11) is -0.508. The average Bonchev–Trinajstić information content (AvgIpc) is 3.62. The molecule has 1 N–H and O–H groups in total. The number of hydrogen-bond donors (Lipinski definition) is 1. The van der Waals surface area contributed by atoms with E-state index in [-0.39, 0.29) is 17.9 Å². The van der Waals surface area contributed by atoms with E-state index in [4.69, 9.17) is 24.0 Å². The fourth-order valence-corrected chi connectivity index (χ4v) is 5.07. The molecule has 10 nitrogen and oxygen atoms in total. The zero-order valence-electron chi connectivity index (χ0n) is 25.1. The number of carbonyl (C=O) groups excluding carboxylic acids is 2. The Balaban J connectivity index is 1.45. The van der Waals surface area contributed by atoms with Crippen molar-refractivity contribution in [1.29, 1.82) is 0 Å². The molecule has 2 amide bonds. The molecule has 0 radical (unpaired) electrons. The van der Waals surface area contributed by atoms with Gasteiger partial charge in [-0.1, -0.05) is 13.8 Å². The lowest BCUT2D eigenvalue weighted by molar-refractivity contribution is -0.135. The molecule has 3 heterocycles. The fourth-order valence-electron chi connectivity index (χ4n) is 5.07. The number of likely N-dealkylation sites (tertiary alicyclic amines) is 1. The molecular weight excluding hydrogens is 497 g/mol. The summed E-state index contributed by atoms with van der Waals surface area (Å²) in [6, 6.07) is -0.177. The van der Waals surface area contributed by atoms with Crippen LogP contribution in [0.1, 0.15) is 88.0 Å². The standard InChI is InChI=1S/C28H46BN5O5/c1-18(2)22(32-25(36)37-26(3,4)5)23(35)33-14-10-11-21(17-33)34(20-12-13-20)24-30-15-19(16-31-24)29-38-27(6,7)28(8,9)39-29/h15-16,18,20-22H,10-14,17H2,1-9H3,(H,32,36)/t21-,22?/m1/s1. The fraction of sp³-hybridized carbons (Fsp3) is 0.786. The Bertz CT molecular complexity index is 1020. The number of nitrogens with zero attached hydrogens (tertiary/aromatic N) is 4. The molecule has 11 heteroatoms. The van der Waals surface area contributed by atoms with E-state index in [2.05, 4.69) is 10.2 Å². The van der Waals surface area contributed by atoms with Gasteiger partial charge in [0.2, 0.25) is 11.9 Å². The molecule has 1 aromatic heterocycles. The van der Waals surface area contributed by atoms with Gasteiger partial charge in [0, 0.05) is 43.0 Å². The molecule has 4 rings (SSSR count). The van der Waals surface area contributed by atoms with Crippen molar-refractivity contribution in [1.82, 2.24) is 20.2 Å². The van der Waals surface area contributed by atoms with Crippen molar-refractivity contribution in [2.75, 3.05) is 18.0 Å². The molecule has 1 aliphatic carbocycles. The van der Waals surface area contributed by atoms with Crippen molar-refractivity contribution in [3.63, 3.8) is 0 Å². The maximum Gasteiger partial charge on any atom is 0.498 e. The van der Waals surface area contributed by atoms with E-state index in [0.29, 0.717) is 25.1 Å². The van der Waals surface area contributed by atoms with Crippen LogP contribution in [0.3, 0.4) is 0 Å². The number of rotatable bonds is 7. The van der Waals surface area contributed by atoms with E-state index >= 15 is 0 Å². The zero-order chi connectivity index (χ0) is 28.8. The zero-order valence-corrected chi connectivity index (χ0v) is 25.1. The molecular formula is C28H46BN5O5. The molecule has 216 valence electrons. The van der Waals surface area contributed by atoms with Gasteiger partial charge >= 0.3 is 13.2 Å². The third kappa shape index (κ3) is 6.85. The van der Waals surface area contributed by atoms with Crippen LogP contribution in [0.25, 0.3) is 0 Å². The first-order valence-corrected chi connectivity index (χ1v) is 14.3. The maximum atomic E-state index is 13.6. The minimum atomic E-state index is -0.650. The van der Waals surface area contributed by atoms with Crippen LogP contribution in [-0.4, -0.2) is 82.0 Å². The van der Waals surface area contributed by atoms with Crippen LogP contribution in [0.4, 0.5) is 10.7 Å². The van der Waals surface area contributed by atoms with Crippen molar-refractivity contribution in [2.45, 2.75) is 123 Å². The van der Waals surface area contributed by atoms with Gasteiger partial charge in [-0.3, -0.25) is 4.79 Å². The highest BCUT2D eigenvalue weighted by molar-refractivity contribution is 6.61. The summed E-state index contributed by atoms with van der Waals surface area (Å²) in [6.07, 6.45) is 7.02. The van der Waals surface area contributed by atoms with Gasteiger partial charge in [0.1, 0.15) is 11.6 Å². The maximum absolute atomic E-state index is 13.6. The second-order valence-corrected chi connectivity index (χ2v) is 13.5. The first-order chi connectivity index (χ1) is 18.1. The summed E-state index contributed by atoms with van der Waals surface area (Å²) in [5.41, 5.74) is -0.698. The third-order valence-corrected chi connectivity index (χ3v) is 8.06. The molecule has 2 aliphatic heterocycles. The molecule has 1 unspecified atom stereocenters. The van der Waals surface area contributed by atoms with Gasteiger partial charge in [-0.2, -0.15) is 0 Å². The molecule has 0 aromatic carbocycles. The van der Waals surface area contributed by atoms with Crippen molar-refractivity contribution in [2.24, 2.45) is 5.92 Å². The number of carbonyl (C=O) groups is 2. The molecule has 1 saturated carbocycles. The van der Waals surface area contributed by atoms with E-state index in [0.717, 1.165) is 31.1 Å². The summed E-state index contributed by atoms with van der Waals surface area (Å²) in [4.78, 5) is 39.7. The second kappa shape index (κ2) is 10.9. The molecule has 2 saturated heterocycles. The first-order valence-electron chi connectivity index (χ1n) is 14.3. The molecule has 0 bridgehead atoms. The average molecular weight is 544 g/mol. The summed E-state index contributed by atoms with van der Waals surface area (Å²) in [5.74, 6) is 0.522. The number of piperidine rings is 1. The number of alkyl carbamates (subject to hydrolysis) is 1. The highest BCUT2D eigenvalue weighted by atomic mass is 16.7. The van der Waals surface area contributed by atoms with Gasteiger partial charge in [0.05, 0.1) is 11.2 Å². The number of anilines is 1. The van der Waals surface area contributed by atoms with Crippen molar-refractivity contribution in [3.8, 4) is 0 Å². The van der Waals surface area contributed by atoms with E-state index in [1.807, 2.05) is 67.2 Å². The predicted molar refractivity (Wildman–Crippen MR) is 151 cm³/mol. The lowest BCUT2D eigenvalue weighted by atomic mass is 9.81. The monoisotopic (exact) mass is 543 g/mol. The number of amides is 2. The lowest BCUT2D eigenvalue weighted by Gasteiger charge is -2.41. The lowest BCUT2D eigenvalue weighted by Crippen LogP contribution is -2.57. The largest absolute Gasteiger partial charge is 0.498 e. The van der Waals surface area contributed by atoms with Gasteiger partial charge in [0.15, 0.2) is 0 Å². The Morgan fingerprint density at radius 3 is 2.18 bits per heavy atom.